The predicted molar refractivity (Wildman–Crippen MR) is 67.7 cm³/mol. The monoisotopic (exact) mass is 273 g/mol. The summed E-state index contributed by atoms with van der Waals surface area (Å²) in [4.78, 5) is 2.33. The summed E-state index contributed by atoms with van der Waals surface area (Å²) >= 11 is 0. The quantitative estimate of drug-likeness (QED) is 0.577. The lowest BCUT2D eigenvalue weighted by Gasteiger charge is -2.26. The first-order valence-electron chi connectivity index (χ1n) is 6.10. The predicted octanol–water partition coefficient (Wildman–Crippen LogP) is -1.02. The number of hydrogen-bond donors (Lipinski definition) is 3. The van der Waals surface area contributed by atoms with Crippen LogP contribution in [0, 0.1) is 0 Å². The maximum Gasteiger partial charge on any atom is 0.257 e. The Morgan fingerprint density at radius 2 is 2.17 bits per heavy atom. The lowest BCUT2D eigenvalue weighted by molar-refractivity contribution is 0.239. The zero-order valence-electron chi connectivity index (χ0n) is 10.2. The van der Waals surface area contributed by atoms with Gasteiger partial charge in [0.05, 0.1) is 6.20 Å². The van der Waals surface area contributed by atoms with Crippen molar-refractivity contribution >= 4 is 10.0 Å². The van der Waals surface area contributed by atoms with Crippen LogP contribution < -0.4 is 10.0 Å². The van der Waals surface area contributed by atoms with Crippen molar-refractivity contribution < 1.29 is 8.42 Å². The molecule has 0 saturated carbocycles. The van der Waals surface area contributed by atoms with E-state index in [0.717, 1.165) is 39.1 Å². The fourth-order valence-corrected chi connectivity index (χ4v) is 2.90. The topological polar surface area (TPSA) is 90.1 Å². The Labute approximate surface area is 107 Å². The van der Waals surface area contributed by atoms with E-state index in [4.69, 9.17) is 0 Å². The second kappa shape index (κ2) is 6.28. The van der Waals surface area contributed by atoms with Gasteiger partial charge in [0.15, 0.2) is 5.03 Å². The van der Waals surface area contributed by atoms with Crippen LogP contribution in [0.3, 0.4) is 0 Å². The average Bonchev–Trinajstić information content (AvgIpc) is 2.91. The second-order valence-corrected chi connectivity index (χ2v) is 6.00. The van der Waals surface area contributed by atoms with Crippen LogP contribution in [-0.4, -0.2) is 62.8 Å². The lowest BCUT2D eigenvalue weighted by atomic mass is 10.3. The molecule has 0 amide bonds. The van der Waals surface area contributed by atoms with Crippen molar-refractivity contribution in [2.24, 2.45) is 0 Å². The van der Waals surface area contributed by atoms with Gasteiger partial charge in [-0.1, -0.05) is 0 Å². The summed E-state index contributed by atoms with van der Waals surface area (Å²) < 4.78 is 26.0. The zero-order valence-corrected chi connectivity index (χ0v) is 11.0. The van der Waals surface area contributed by atoms with Gasteiger partial charge in [0, 0.05) is 32.7 Å². The molecule has 0 aliphatic carbocycles. The van der Waals surface area contributed by atoms with Gasteiger partial charge in [0.1, 0.15) is 0 Å². The molecule has 0 atom stereocenters. The van der Waals surface area contributed by atoms with Gasteiger partial charge in [0.2, 0.25) is 0 Å². The van der Waals surface area contributed by atoms with E-state index in [1.165, 1.54) is 12.3 Å². The summed E-state index contributed by atoms with van der Waals surface area (Å²) in [5.74, 6) is 0. The normalized spacial score (nSPS) is 18.0. The molecule has 18 heavy (non-hydrogen) atoms. The molecule has 0 bridgehead atoms. The molecule has 1 aliphatic heterocycles. The van der Waals surface area contributed by atoms with Crippen molar-refractivity contribution in [1.82, 2.24) is 25.1 Å². The molecule has 2 heterocycles. The van der Waals surface area contributed by atoms with Crippen LogP contribution in [0.5, 0.6) is 0 Å². The number of rotatable bonds is 6. The van der Waals surface area contributed by atoms with E-state index in [-0.39, 0.29) is 5.03 Å². The van der Waals surface area contributed by atoms with E-state index in [0.29, 0.717) is 6.54 Å². The summed E-state index contributed by atoms with van der Waals surface area (Å²) in [6.07, 6.45) is 2.24. The third-order valence-electron chi connectivity index (χ3n) is 2.92. The fourth-order valence-electron chi connectivity index (χ4n) is 1.91. The molecule has 1 fully saturated rings. The number of nitrogens with one attached hydrogen (secondary N) is 3. The molecule has 8 heteroatoms. The molecule has 0 spiro atoms. The standard InChI is InChI=1S/C10H19N5O2S/c16-18(17,10-2-4-12-14-10)13-3-1-7-15-8-5-11-6-9-15/h2,4,11,13H,1,3,5-9H2,(H,12,14). The number of aromatic nitrogens is 2. The van der Waals surface area contributed by atoms with E-state index in [1.54, 1.807) is 0 Å². The number of H-pyrrole nitrogens is 1. The van der Waals surface area contributed by atoms with Crippen LogP contribution >= 0.6 is 0 Å². The number of piperazine rings is 1. The van der Waals surface area contributed by atoms with Gasteiger partial charge in [-0.25, -0.2) is 13.1 Å². The van der Waals surface area contributed by atoms with Gasteiger partial charge in [-0.05, 0) is 19.0 Å². The van der Waals surface area contributed by atoms with E-state index in [9.17, 15) is 8.42 Å². The molecule has 2 rings (SSSR count). The Kier molecular flexibility index (Phi) is 4.70. The Morgan fingerprint density at radius 1 is 1.39 bits per heavy atom. The molecule has 1 saturated heterocycles. The lowest BCUT2D eigenvalue weighted by Crippen LogP contribution is -2.44. The SMILES string of the molecule is O=S(=O)(NCCCN1CCNCC1)c1ccn[nH]1. The summed E-state index contributed by atoms with van der Waals surface area (Å²) in [6, 6.07) is 1.44. The van der Waals surface area contributed by atoms with Gasteiger partial charge in [-0.3, -0.25) is 5.10 Å². The Morgan fingerprint density at radius 3 is 2.83 bits per heavy atom. The van der Waals surface area contributed by atoms with Crippen LogP contribution in [0.4, 0.5) is 0 Å². The molecular formula is C10H19N5O2S. The fraction of sp³-hybridized carbons (Fsp3) is 0.700. The first-order chi connectivity index (χ1) is 8.68. The highest BCUT2D eigenvalue weighted by Gasteiger charge is 2.15. The van der Waals surface area contributed by atoms with Gasteiger partial charge in [-0.2, -0.15) is 5.10 Å². The largest absolute Gasteiger partial charge is 0.314 e. The maximum atomic E-state index is 11.7. The molecule has 3 N–H and O–H groups in total. The minimum absolute atomic E-state index is 0.115. The van der Waals surface area contributed by atoms with Crippen molar-refractivity contribution in [2.45, 2.75) is 11.4 Å². The molecule has 1 aromatic rings. The number of aromatic amines is 1. The molecule has 7 nitrogen and oxygen atoms in total. The van der Waals surface area contributed by atoms with Gasteiger partial charge >= 0.3 is 0 Å². The van der Waals surface area contributed by atoms with Crippen molar-refractivity contribution in [1.29, 1.82) is 0 Å². The maximum absolute atomic E-state index is 11.7. The Hall–Kier alpha value is -0.960. The van der Waals surface area contributed by atoms with Crippen molar-refractivity contribution in [3.8, 4) is 0 Å². The Balaban J connectivity index is 1.69. The van der Waals surface area contributed by atoms with Crippen molar-refractivity contribution in [2.75, 3.05) is 39.3 Å². The van der Waals surface area contributed by atoms with Crippen LogP contribution in [-0.2, 0) is 10.0 Å². The summed E-state index contributed by atoms with van der Waals surface area (Å²) in [6.45, 7) is 5.47. The highest BCUT2D eigenvalue weighted by Crippen LogP contribution is 2.02. The van der Waals surface area contributed by atoms with Gasteiger partial charge in [0.25, 0.3) is 10.0 Å². The van der Waals surface area contributed by atoms with E-state index in [2.05, 4.69) is 25.1 Å². The molecule has 0 radical (unpaired) electrons. The molecule has 1 aromatic heterocycles. The van der Waals surface area contributed by atoms with Crippen LogP contribution in [0.15, 0.2) is 17.3 Å². The molecule has 0 unspecified atom stereocenters. The van der Waals surface area contributed by atoms with E-state index in [1.807, 2.05) is 0 Å². The number of hydrogen-bond acceptors (Lipinski definition) is 5. The Bertz CT molecular complexity index is 439. The molecule has 0 aromatic carbocycles. The highest BCUT2D eigenvalue weighted by atomic mass is 32.2. The third-order valence-corrected chi connectivity index (χ3v) is 4.31. The van der Waals surface area contributed by atoms with E-state index < -0.39 is 10.0 Å². The van der Waals surface area contributed by atoms with Gasteiger partial charge < -0.3 is 10.2 Å². The minimum Gasteiger partial charge on any atom is -0.314 e. The van der Waals surface area contributed by atoms with Crippen LogP contribution in [0.1, 0.15) is 6.42 Å². The number of sulfonamides is 1. The molecule has 1 aliphatic rings. The summed E-state index contributed by atoms with van der Waals surface area (Å²) in [5.41, 5.74) is 0. The average molecular weight is 273 g/mol. The highest BCUT2D eigenvalue weighted by molar-refractivity contribution is 7.89. The van der Waals surface area contributed by atoms with Crippen molar-refractivity contribution in [3.63, 3.8) is 0 Å². The summed E-state index contributed by atoms with van der Waals surface area (Å²) in [5, 5.41) is 9.48. The molecule has 102 valence electrons. The minimum atomic E-state index is -3.42. The van der Waals surface area contributed by atoms with Crippen LogP contribution in [0.25, 0.3) is 0 Å². The summed E-state index contributed by atoms with van der Waals surface area (Å²) in [7, 11) is -3.42. The van der Waals surface area contributed by atoms with E-state index >= 15 is 0 Å². The van der Waals surface area contributed by atoms with Crippen LogP contribution in [0.2, 0.25) is 0 Å². The third kappa shape index (κ3) is 3.77. The molecular weight excluding hydrogens is 254 g/mol. The van der Waals surface area contributed by atoms with Crippen molar-refractivity contribution in [3.05, 3.63) is 12.3 Å². The smallest absolute Gasteiger partial charge is 0.257 e. The van der Waals surface area contributed by atoms with Gasteiger partial charge in [-0.15, -0.1) is 0 Å². The number of nitrogens with zero attached hydrogens (tertiary/aromatic N) is 2. The zero-order chi connectivity index (χ0) is 12.8. The second-order valence-electron chi connectivity index (χ2n) is 4.26. The first-order valence-corrected chi connectivity index (χ1v) is 7.59. The first kappa shape index (κ1) is 13.5.